The first-order valence-corrected chi connectivity index (χ1v) is 12.9. The Labute approximate surface area is 168 Å². The zero-order valence-electron chi connectivity index (χ0n) is 16.1. The van der Waals surface area contributed by atoms with Crippen molar-refractivity contribution in [2.75, 3.05) is 30.3 Å². The largest absolute Gasteiger partial charge is 0.417 e. The monoisotopic (exact) mass is 429 g/mol. The molecule has 0 bridgehead atoms. The highest BCUT2D eigenvalue weighted by molar-refractivity contribution is 8.51. The van der Waals surface area contributed by atoms with Crippen molar-refractivity contribution < 1.29 is 18.0 Å². The predicted molar refractivity (Wildman–Crippen MR) is 115 cm³/mol. The van der Waals surface area contributed by atoms with Crippen molar-refractivity contribution in [1.29, 1.82) is 0 Å². The number of hydrogen-bond acceptors (Lipinski definition) is 1. The van der Waals surface area contributed by atoms with Crippen LogP contribution < -0.4 is 5.32 Å². The first-order chi connectivity index (χ1) is 12.7. The van der Waals surface area contributed by atoms with Crippen LogP contribution in [0, 0.1) is 11.2 Å². The van der Waals surface area contributed by atoms with E-state index >= 15 is 0 Å². The minimum Gasteiger partial charge on any atom is -0.326 e. The number of hydrogen-bond donors (Lipinski definition) is 2. The Morgan fingerprint density at radius 1 is 1.11 bits per heavy atom. The number of carbonyl (C=O) groups excluding carboxylic acids is 1. The third-order valence-corrected chi connectivity index (χ3v) is 4.83. The van der Waals surface area contributed by atoms with Gasteiger partial charge in [-0.3, -0.25) is 4.79 Å². The molecule has 7 heteroatoms. The predicted octanol–water partition coefficient (Wildman–Crippen LogP) is 5.44. The molecule has 0 saturated carbocycles. The van der Waals surface area contributed by atoms with Gasteiger partial charge >= 0.3 is 6.18 Å². The Morgan fingerprint density at radius 2 is 1.79 bits per heavy atom. The molecule has 0 aliphatic carbocycles. The Kier molecular flexibility index (Phi) is 6.13. The Balaban J connectivity index is 2.13. The lowest BCUT2D eigenvalue weighted by Crippen LogP contribution is -2.15. The van der Waals surface area contributed by atoms with E-state index in [-0.39, 0.29) is 12.1 Å². The van der Waals surface area contributed by atoms with Crippen LogP contribution in [0.3, 0.4) is 0 Å². The van der Waals surface area contributed by atoms with Crippen molar-refractivity contribution in [3.05, 3.63) is 64.2 Å². The van der Waals surface area contributed by atoms with E-state index in [0.717, 1.165) is 23.3 Å². The van der Waals surface area contributed by atoms with Gasteiger partial charge in [0, 0.05) is 11.3 Å². The normalized spacial score (nSPS) is 13.1. The lowest BCUT2D eigenvalue weighted by molar-refractivity contribution is -0.137. The van der Waals surface area contributed by atoms with Crippen LogP contribution in [-0.4, -0.2) is 30.9 Å². The van der Waals surface area contributed by atoms with E-state index in [1.54, 1.807) is 6.07 Å². The summed E-state index contributed by atoms with van der Waals surface area (Å²) in [6.07, 6.45) is 4.04. The highest BCUT2D eigenvalue weighted by Crippen LogP contribution is 2.54. The lowest BCUT2D eigenvalue weighted by Gasteiger charge is -2.40. The number of halogens is 4. The molecule has 0 aromatic heterocycles. The van der Waals surface area contributed by atoms with Crippen LogP contribution in [0.5, 0.6) is 0 Å². The van der Waals surface area contributed by atoms with Crippen molar-refractivity contribution >= 4 is 32.4 Å². The molecule has 0 fully saturated rings. The Bertz CT molecular complexity index is 956. The summed E-state index contributed by atoms with van der Waals surface area (Å²) in [5, 5.41) is 5.40. The second-order valence-electron chi connectivity index (χ2n) is 8.43. The van der Waals surface area contributed by atoms with Crippen molar-refractivity contribution in [2.24, 2.45) is 0 Å². The molecule has 2 rings (SSSR count). The second kappa shape index (κ2) is 7.73. The SMILES string of the molecule is C[SH](C)(C)(C)C#Cc1cccc(CC(=O)Nc2ccc(Cl)c(C(F)(F)F)c2)c1. The summed E-state index contributed by atoms with van der Waals surface area (Å²) in [5.74, 6) is 2.74. The van der Waals surface area contributed by atoms with Gasteiger partial charge in [0.1, 0.15) is 0 Å². The van der Waals surface area contributed by atoms with Crippen molar-refractivity contribution in [3.63, 3.8) is 0 Å². The molecule has 2 aromatic carbocycles. The van der Waals surface area contributed by atoms with Crippen LogP contribution >= 0.6 is 20.8 Å². The third kappa shape index (κ3) is 7.14. The van der Waals surface area contributed by atoms with Gasteiger partial charge in [-0.1, -0.05) is 34.9 Å². The van der Waals surface area contributed by atoms with E-state index in [1.807, 2.05) is 18.2 Å². The standard InChI is InChI=1S/C21H23ClF3NOS/c1-28(2,3,4)11-10-15-6-5-7-16(12-15)13-20(27)26-17-8-9-19(22)18(14-17)21(23,24)25/h5-9,12,14,28H,13H2,1-4H3,(H,26,27). The van der Waals surface area contributed by atoms with Crippen molar-refractivity contribution in [3.8, 4) is 11.2 Å². The molecule has 0 spiro atoms. The first kappa shape index (κ1) is 22.2. The maximum atomic E-state index is 12.9. The summed E-state index contributed by atoms with van der Waals surface area (Å²) in [6, 6.07) is 10.6. The summed E-state index contributed by atoms with van der Waals surface area (Å²) < 4.78 is 38.8. The average molecular weight is 430 g/mol. The number of benzene rings is 2. The van der Waals surface area contributed by atoms with E-state index in [2.05, 4.69) is 41.5 Å². The van der Waals surface area contributed by atoms with Crippen LogP contribution in [0.15, 0.2) is 42.5 Å². The molecule has 1 amide bonds. The fraction of sp³-hybridized carbons (Fsp3) is 0.286. The van der Waals surface area contributed by atoms with Gasteiger partial charge in [-0.2, -0.15) is 13.2 Å². The summed E-state index contributed by atoms with van der Waals surface area (Å²) in [7, 11) is -1.97. The van der Waals surface area contributed by atoms with E-state index in [0.29, 0.717) is 0 Å². The molecule has 0 atom stereocenters. The summed E-state index contributed by atoms with van der Waals surface area (Å²) in [4.78, 5) is 12.3. The molecule has 2 nitrogen and oxygen atoms in total. The van der Waals surface area contributed by atoms with Crippen LogP contribution in [-0.2, 0) is 17.4 Å². The minimum atomic E-state index is -4.59. The first-order valence-electron chi connectivity index (χ1n) is 8.49. The van der Waals surface area contributed by atoms with E-state index in [9.17, 15) is 18.0 Å². The number of thiol groups is 1. The minimum absolute atomic E-state index is 0.0274. The van der Waals surface area contributed by atoms with E-state index < -0.39 is 31.8 Å². The van der Waals surface area contributed by atoms with Crippen LogP contribution in [0.4, 0.5) is 18.9 Å². The zero-order valence-corrected chi connectivity index (χ0v) is 17.8. The molecular weight excluding hydrogens is 407 g/mol. The highest BCUT2D eigenvalue weighted by atomic mass is 35.5. The maximum absolute atomic E-state index is 12.9. The van der Waals surface area contributed by atoms with E-state index in [1.165, 1.54) is 6.07 Å². The molecule has 152 valence electrons. The van der Waals surface area contributed by atoms with Gasteiger partial charge in [-0.25, -0.2) is 9.16 Å². The van der Waals surface area contributed by atoms with Crippen LogP contribution in [0.1, 0.15) is 16.7 Å². The Morgan fingerprint density at radius 3 is 2.39 bits per heavy atom. The summed E-state index contributed by atoms with van der Waals surface area (Å²) >= 11 is 5.59. The van der Waals surface area contributed by atoms with Gasteiger partial charge in [0.2, 0.25) is 5.91 Å². The van der Waals surface area contributed by atoms with Crippen molar-refractivity contribution in [2.45, 2.75) is 12.6 Å². The average Bonchev–Trinajstić information content (AvgIpc) is 2.53. The topological polar surface area (TPSA) is 29.1 Å². The molecule has 28 heavy (non-hydrogen) atoms. The summed E-state index contributed by atoms with van der Waals surface area (Å²) in [6.45, 7) is 0. The molecule has 0 aliphatic heterocycles. The Hall–Kier alpha value is -2.10. The van der Waals surface area contributed by atoms with Crippen molar-refractivity contribution in [1.82, 2.24) is 0 Å². The zero-order chi connectivity index (χ0) is 21.2. The second-order valence-corrected chi connectivity index (χ2v) is 16.2. The van der Waals surface area contributed by atoms with Gasteiger partial charge in [-0.05, 0) is 60.9 Å². The summed E-state index contributed by atoms with van der Waals surface area (Å²) in [5.41, 5.74) is 0.597. The fourth-order valence-corrected chi connectivity index (χ4v) is 3.06. The van der Waals surface area contributed by atoms with Crippen LogP contribution in [0.25, 0.3) is 0 Å². The molecule has 0 heterocycles. The quantitative estimate of drug-likeness (QED) is 0.493. The highest BCUT2D eigenvalue weighted by Gasteiger charge is 2.33. The molecule has 0 aliphatic rings. The maximum Gasteiger partial charge on any atom is 0.417 e. The lowest BCUT2D eigenvalue weighted by atomic mass is 10.1. The third-order valence-electron chi connectivity index (χ3n) is 3.49. The van der Waals surface area contributed by atoms with Gasteiger partial charge in [0.15, 0.2) is 0 Å². The number of amides is 1. The molecule has 2 aromatic rings. The number of nitrogens with one attached hydrogen (secondary N) is 1. The number of rotatable bonds is 3. The van der Waals surface area contributed by atoms with Gasteiger partial charge in [0.05, 0.1) is 17.0 Å². The van der Waals surface area contributed by atoms with Gasteiger partial charge < -0.3 is 5.32 Å². The van der Waals surface area contributed by atoms with Gasteiger partial charge in [0.25, 0.3) is 0 Å². The molecular formula is C21H23ClF3NOS. The number of alkyl halides is 3. The number of anilines is 1. The van der Waals surface area contributed by atoms with Gasteiger partial charge in [-0.15, -0.1) is 0 Å². The molecule has 1 N–H and O–H groups in total. The number of carbonyl (C=O) groups is 1. The molecule has 0 radical (unpaired) electrons. The molecule has 0 saturated heterocycles. The van der Waals surface area contributed by atoms with E-state index in [4.69, 9.17) is 11.6 Å². The fourth-order valence-electron chi connectivity index (χ4n) is 2.26. The van der Waals surface area contributed by atoms with Crippen LogP contribution in [0.2, 0.25) is 5.02 Å². The smallest absolute Gasteiger partial charge is 0.326 e. The molecule has 0 unspecified atom stereocenters.